The van der Waals surface area contributed by atoms with E-state index in [0.29, 0.717) is 11.4 Å². The summed E-state index contributed by atoms with van der Waals surface area (Å²) in [5.41, 5.74) is 3.44. The number of carbonyl (C=O) groups excluding carboxylic acids is 1. The van der Waals surface area contributed by atoms with Gasteiger partial charge in [-0.2, -0.15) is 0 Å². The predicted molar refractivity (Wildman–Crippen MR) is 93.6 cm³/mol. The van der Waals surface area contributed by atoms with Crippen LogP contribution in [0.1, 0.15) is 41.7 Å². The summed E-state index contributed by atoms with van der Waals surface area (Å²) in [7, 11) is 0. The Hall–Kier alpha value is -2.49. The number of Topliss-reactive ketones (excluding diaryl/α,β-unsaturated/α-hetero) is 1. The maximum absolute atomic E-state index is 12.8. The van der Waals surface area contributed by atoms with Crippen LogP contribution in [0.25, 0.3) is 11.4 Å². The molecule has 0 amide bonds. The number of ketones is 1. The number of carbonyl (C=O) groups is 1. The molecule has 1 aliphatic heterocycles. The number of fused-ring (bicyclic) bond motifs is 1. The van der Waals surface area contributed by atoms with Gasteiger partial charge in [-0.05, 0) is 32.1 Å². The molecule has 24 heavy (non-hydrogen) atoms. The fourth-order valence-electron chi connectivity index (χ4n) is 3.45. The Bertz CT molecular complexity index is 777. The number of likely N-dealkylation sites (tertiary alicyclic amines) is 1. The van der Waals surface area contributed by atoms with E-state index in [2.05, 4.69) is 21.1 Å². The number of allylic oxidation sites excluding steroid dienone is 1. The molecule has 1 aliphatic carbocycles. The molecule has 2 aromatic rings. The third-order valence-corrected chi connectivity index (χ3v) is 4.80. The van der Waals surface area contributed by atoms with Crippen LogP contribution in [-0.2, 0) is 6.42 Å². The monoisotopic (exact) mass is 319 g/mol. The third-order valence-electron chi connectivity index (χ3n) is 4.80. The van der Waals surface area contributed by atoms with Crippen LogP contribution in [-0.4, -0.2) is 33.7 Å². The number of piperidine rings is 1. The standard InChI is InChI=1S/C20H21N3O/c24-19-16(14-23-11-5-2-6-12-23)9-10-18-17(19)13-21-20(22-18)15-7-3-1-4-8-15/h1,3-4,7-8,13-14H,2,5-6,9-12H2/b16-14+. The van der Waals surface area contributed by atoms with Gasteiger partial charge in [-0.25, -0.2) is 9.97 Å². The van der Waals surface area contributed by atoms with Gasteiger partial charge in [0.2, 0.25) is 0 Å². The van der Waals surface area contributed by atoms with Gasteiger partial charge in [0.25, 0.3) is 0 Å². The van der Waals surface area contributed by atoms with Crippen molar-refractivity contribution >= 4 is 5.78 Å². The van der Waals surface area contributed by atoms with Gasteiger partial charge in [-0.1, -0.05) is 30.3 Å². The van der Waals surface area contributed by atoms with Crippen LogP contribution in [0.3, 0.4) is 0 Å². The van der Waals surface area contributed by atoms with Crippen molar-refractivity contribution in [2.75, 3.05) is 13.1 Å². The van der Waals surface area contributed by atoms with E-state index in [1.54, 1.807) is 6.20 Å². The van der Waals surface area contributed by atoms with Crippen molar-refractivity contribution in [3.63, 3.8) is 0 Å². The lowest BCUT2D eigenvalue weighted by Gasteiger charge is -2.27. The largest absolute Gasteiger partial charge is 0.377 e. The average Bonchev–Trinajstić information content (AvgIpc) is 2.65. The predicted octanol–water partition coefficient (Wildman–Crippen LogP) is 3.64. The van der Waals surface area contributed by atoms with Crippen LogP contribution < -0.4 is 0 Å². The molecule has 4 heteroatoms. The number of hydrogen-bond donors (Lipinski definition) is 0. The van der Waals surface area contributed by atoms with Crippen LogP contribution in [0.2, 0.25) is 0 Å². The molecule has 1 aromatic carbocycles. The Kier molecular flexibility index (Phi) is 4.11. The molecular formula is C20H21N3O. The molecule has 2 heterocycles. The van der Waals surface area contributed by atoms with Crippen molar-refractivity contribution in [2.45, 2.75) is 32.1 Å². The van der Waals surface area contributed by atoms with E-state index >= 15 is 0 Å². The minimum Gasteiger partial charge on any atom is -0.377 e. The third kappa shape index (κ3) is 2.96. The molecular weight excluding hydrogens is 298 g/mol. The van der Waals surface area contributed by atoms with Crippen LogP contribution in [0.5, 0.6) is 0 Å². The number of benzene rings is 1. The summed E-state index contributed by atoms with van der Waals surface area (Å²) in [6.45, 7) is 2.13. The van der Waals surface area contributed by atoms with Gasteiger partial charge in [0.15, 0.2) is 11.6 Å². The van der Waals surface area contributed by atoms with Crippen LogP contribution in [0, 0.1) is 0 Å². The summed E-state index contributed by atoms with van der Waals surface area (Å²) < 4.78 is 0. The molecule has 4 rings (SSSR count). The van der Waals surface area contributed by atoms with Gasteiger partial charge in [0.1, 0.15) is 0 Å². The second-order valence-corrected chi connectivity index (χ2v) is 6.50. The minimum absolute atomic E-state index is 0.0986. The lowest BCUT2D eigenvalue weighted by Crippen LogP contribution is -2.27. The topological polar surface area (TPSA) is 46.1 Å². The highest BCUT2D eigenvalue weighted by Gasteiger charge is 2.25. The van der Waals surface area contributed by atoms with Gasteiger partial charge in [0, 0.05) is 36.6 Å². The molecule has 0 atom stereocenters. The van der Waals surface area contributed by atoms with Gasteiger partial charge in [-0.15, -0.1) is 0 Å². The van der Waals surface area contributed by atoms with Gasteiger partial charge >= 0.3 is 0 Å². The van der Waals surface area contributed by atoms with Crippen LogP contribution >= 0.6 is 0 Å². The van der Waals surface area contributed by atoms with Gasteiger partial charge in [-0.3, -0.25) is 4.79 Å². The molecule has 4 nitrogen and oxygen atoms in total. The maximum Gasteiger partial charge on any atom is 0.193 e. The summed E-state index contributed by atoms with van der Waals surface area (Å²) in [4.78, 5) is 24.1. The van der Waals surface area contributed by atoms with Crippen molar-refractivity contribution in [2.24, 2.45) is 0 Å². The summed E-state index contributed by atoms with van der Waals surface area (Å²) in [6.07, 6.45) is 9.10. The molecule has 2 aliphatic rings. The molecule has 0 spiro atoms. The van der Waals surface area contributed by atoms with Crippen molar-refractivity contribution in [3.8, 4) is 11.4 Å². The van der Waals surface area contributed by atoms with Crippen LogP contribution in [0.4, 0.5) is 0 Å². The van der Waals surface area contributed by atoms with E-state index in [1.165, 1.54) is 19.3 Å². The van der Waals surface area contributed by atoms with E-state index in [4.69, 9.17) is 0 Å². The highest BCUT2D eigenvalue weighted by molar-refractivity contribution is 6.10. The highest BCUT2D eigenvalue weighted by Crippen LogP contribution is 2.26. The zero-order valence-electron chi connectivity index (χ0n) is 13.7. The van der Waals surface area contributed by atoms with Crippen LogP contribution in [0.15, 0.2) is 48.3 Å². The first kappa shape index (κ1) is 15.1. The Morgan fingerprint density at radius 2 is 1.79 bits per heavy atom. The summed E-state index contributed by atoms with van der Waals surface area (Å²) in [5, 5.41) is 0. The fourth-order valence-corrected chi connectivity index (χ4v) is 3.45. The summed E-state index contributed by atoms with van der Waals surface area (Å²) >= 11 is 0. The Morgan fingerprint density at radius 3 is 2.58 bits per heavy atom. The summed E-state index contributed by atoms with van der Waals surface area (Å²) in [6, 6.07) is 9.91. The highest BCUT2D eigenvalue weighted by atomic mass is 16.1. The number of aromatic nitrogens is 2. The average molecular weight is 319 g/mol. The number of nitrogens with zero attached hydrogens (tertiary/aromatic N) is 3. The van der Waals surface area contributed by atoms with Crippen molar-refractivity contribution in [3.05, 3.63) is 59.6 Å². The van der Waals surface area contributed by atoms with Gasteiger partial charge < -0.3 is 4.90 Å². The second kappa shape index (κ2) is 6.56. The Balaban J connectivity index is 1.60. The molecule has 0 N–H and O–H groups in total. The zero-order chi connectivity index (χ0) is 16.4. The second-order valence-electron chi connectivity index (χ2n) is 6.50. The van der Waals surface area contributed by atoms with Crippen molar-refractivity contribution in [1.82, 2.24) is 14.9 Å². The number of hydrogen-bond acceptors (Lipinski definition) is 4. The van der Waals surface area contributed by atoms with E-state index < -0.39 is 0 Å². The maximum atomic E-state index is 12.8. The SMILES string of the molecule is O=C1/C(=C/N2CCCCC2)CCc2nc(-c3ccccc3)ncc21. The Labute approximate surface area is 142 Å². The normalized spacial score (nSPS) is 19.4. The fraction of sp³-hybridized carbons (Fsp3) is 0.350. The van der Waals surface area contributed by atoms with Crippen molar-refractivity contribution < 1.29 is 4.79 Å². The minimum atomic E-state index is 0.0986. The lowest BCUT2D eigenvalue weighted by molar-refractivity contribution is 0.102. The van der Waals surface area contributed by atoms with Gasteiger partial charge in [0.05, 0.1) is 11.3 Å². The quantitative estimate of drug-likeness (QED) is 0.793. The molecule has 0 unspecified atom stereocenters. The molecule has 122 valence electrons. The summed E-state index contributed by atoms with van der Waals surface area (Å²) in [5.74, 6) is 0.798. The molecule has 0 radical (unpaired) electrons. The first-order valence-corrected chi connectivity index (χ1v) is 8.72. The molecule has 1 saturated heterocycles. The first-order valence-electron chi connectivity index (χ1n) is 8.72. The van der Waals surface area contributed by atoms with E-state index in [0.717, 1.165) is 42.8 Å². The molecule has 1 aromatic heterocycles. The van der Waals surface area contributed by atoms with Crippen molar-refractivity contribution in [1.29, 1.82) is 0 Å². The Morgan fingerprint density at radius 1 is 1.00 bits per heavy atom. The first-order chi connectivity index (χ1) is 11.8. The smallest absolute Gasteiger partial charge is 0.193 e. The van der Waals surface area contributed by atoms with E-state index in [1.807, 2.05) is 30.3 Å². The molecule has 1 fully saturated rings. The van der Waals surface area contributed by atoms with E-state index in [-0.39, 0.29) is 5.78 Å². The van der Waals surface area contributed by atoms with E-state index in [9.17, 15) is 4.79 Å². The lowest BCUT2D eigenvalue weighted by atomic mass is 9.91. The number of rotatable bonds is 2. The number of aryl methyl sites for hydroxylation is 1. The zero-order valence-corrected chi connectivity index (χ0v) is 13.7. The molecule has 0 saturated carbocycles. The molecule has 0 bridgehead atoms.